The Morgan fingerprint density at radius 1 is 1.03 bits per heavy atom. The molecule has 1 rings (SSSR count). The van der Waals surface area contributed by atoms with Crippen molar-refractivity contribution in [3.63, 3.8) is 0 Å². The van der Waals surface area contributed by atoms with Crippen LogP contribution in [-0.2, 0) is 30.3 Å². The van der Waals surface area contributed by atoms with Gasteiger partial charge in [0, 0.05) is 12.8 Å². The molecule has 166 valence electrons. The van der Waals surface area contributed by atoms with Crippen LogP contribution in [0.4, 0.5) is 0 Å². The molecule has 0 saturated heterocycles. The number of hydrogen-bond donors (Lipinski definition) is 2. The molecule has 0 aliphatic rings. The molecule has 2 N–H and O–H groups in total. The number of aliphatic carboxylic acids is 1. The van der Waals surface area contributed by atoms with E-state index in [9.17, 15) is 24.3 Å². The van der Waals surface area contributed by atoms with Crippen LogP contribution in [0.5, 0.6) is 0 Å². The Bertz CT molecular complexity index is 736. The van der Waals surface area contributed by atoms with E-state index in [0.717, 1.165) is 5.56 Å². The average molecular weight is 420 g/mol. The molecule has 0 aliphatic carbocycles. The summed E-state index contributed by atoms with van der Waals surface area (Å²) in [4.78, 5) is 48.5. The van der Waals surface area contributed by atoms with Crippen LogP contribution >= 0.6 is 0 Å². The van der Waals surface area contributed by atoms with Crippen LogP contribution in [0.1, 0.15) is 59.4 Å². The van der Waals surface area contributed by atoms with E-state index in [2.05, 4.69) is 5.32 Å². The van der Waals surface area contributed by atoms with E-state index in [-0.39, 0.29) is 37.4 Å². The molecule has 7 nitrogen and oxygen atoms in total. The van der Waals surface area contributed by atoms with Gasteiger partial charge in [0.15, 0.2) is 5.78 Å². The second kappa shape index (κ2) is 11.5. The number of carboxylic acid groups (broad SMARTS) is 1. The summed E-state index contributed by atoms with van der Waals surface area (Å²) < 4.78 is 5.17. The van der Waals surface area contributed by atoms with Gasteiger partial charge in [0.1, 0.15) is 5.60 Å². The van der Waals surface area contributed by atoms with Crippen LogP contribution in [0.25, 0.3) is 0 Å². The van der Waals surface area contributed by atoms with E-state index in [1.54, 1.807) is 34.6 Å². The van der Waals surface area contributed by atoms with E-state index in [1.807, 2.05) is 30.3 Å². The highest BCUT2D eigenvalue weighted by Crippen LogP contribution is 2.17. The minimum atomic E-state index is -1.05. The predicted molar refractivity (Wildman–Crippen MR) is 113 cm³/mol. The minimum Gasteiger partial charge on any atom is -0.481 e. The van der Waals surface area contributed by atoms with Crippen molar-refractivity contribution in [3.8, 4) is 0 Å². The van der Waals surface area contributed by atoms with Crippen LogP contribution in [0, 0.1) is 11.8 Å². The molecule has 0 aromatic heterocycles. The Morgan fingerprint density at radius 2 is 1.63 bits per heavy atom. The van der Waals surface area contributed by atoms with Crippen molar-refractivity contribution in [2.75, 3.05) is 0 Å². The van der Waals surface area contributed by atoms with Gasteiger partial charge in [0.2, 0.25) is 5.91 Å². The number of nitrogens with one attached hydrogen (secondary N) is 1. The molecule has 1 amide bonds. The van der Waals surface area contributed by atoms with Gasteiger partial charge in [-0.1, -0.05) is 44.2 Å². The van der Waals surface area contributed by atoms with Gasteiger partial charge in [-0.3, -0.25) is 19.2 Å². The largest absolute Gasteiger partial charge is 0.481 e. The number of esters is 1. The van der Waals surface area contributed by atoms with Crippen molar-refractivity contribution in [2.24, 2.45) is 11.8 Å². The van der Waals surface area contributed by atoms with Crippen molar-refractivity contribution in [3.05, 3.63) is 35.9 Å². The molecule has 0 fully saturated rings. The summed E-state index contributed by atoms with van der Waals surface area (Å²) in [6.45, 7) is 8.79. The first-order chi connectivity index (χ1) is 13.9. The molecule has 0 saturated carbocycles. The van der Waals surface area contributed by atoms with Crippen LogP contribution < -0.4 is 5.32 Å². The highest BCUT2D eigenvalue weighted by Gasteiger charge is 2.29. The van der Waals surface area contributed by atoms with Gasteiger partial charge in [-0.05, 0) is 38.7 Å². The lowest BCUT2D eigenvalue weighted by Gasteiger charge is -2.23. The fourth-order valence-electron chi connectivity index (χ4n) is 2.99. The number of amides is 1. The number of benzene rings is 1. The lowest BCUT2D eigenvalue weighted by Crippen LogP contribution is -2.45. The third-order valence-electron chi connectivity index (χ3n) is 4.43. The third kappa shape index (κ3) is 9.67. The number of carbonyl (C=O) groups is 4. The molecule has 2 atom stereocenters. The summed E-state index contributed by atoms with van der Waals surface area (Å²) in [7, 11) is 0. The lowest BCUT2D eigenvalue weighted by atomic mass is 9.89. The lowest BCUT2D eigenvalue weighted by molar-refractivity contribution is -0.155. The first kappa shape index (κ1) is 25.3. The summed E-state index contributed by atoms with van der Waals surface area (Å²) in [5.41, 5.74) is 0.203. The molecule has 0 radical (unpaired) electrons. The van der Waals surface area contributed by atoms with Gasteiger partial charge in [0.25, 0.3) is 0 Å². The van der Waals surface area contributed by atoms with Crippen LogP contribution in [0.15, 0.2) is 30.3 Å². The van der Waals surface area contributed by atoms with E-state index >= 15 is 0 Å². The maximum Gasteiger partial charge on any atom is 0.307 e. The number of Topliss-reactive ketones (excluding diaryl/α,β-unsaturated/α-hetero) is 1. The number of hydrogen-bond acceptors (Lipinski definition) is 5. The molecule has 30 heavy (non-hydrogen) atoms. The summed E-state index contributed by atoms with van der Waals surface area (Å²) in [5, 5.41) is 12.2. The fraction of sp³-hybridized carbons (Fsp3) is 0.565. The molecule has 0 heterocycles. The zero-order valence-corrected chi connectivity index (χ0v) is 18.4. The highest BCUT2D eigenvalue weighted by atomic mass is 16.6. The molecular weight excluding hydrogens is 386 g/mol. The normalized spacial score (nSPS) is 13.4. The van der Waals surface area contributed by atoms with Crippen molar-refractivity contribution in [1.82, 2.24) is 5.32 Å². The zero-order chi connectivity index (χ0) is 22.9. The van der Waals surface area contributed by atoms with Crippen molar-refractivity contribution < 1.29 is 29.0 Å². The number of carbonyl (C=O) groups excluding carboxylic acids is 3. The standard InChI is InChI=1S/C23H33NO6/c1-15(2)21(24-19(26)11-12-20(27)30-23(3,4)5)18(25)14-17(22(28)29)13-16-9-7-6-8-10-16/h6-10,15,17,21H,11-14H2,1-5H3,(H,24,26)(H,28,29)/t17-,21-/m1/s1. The quantitative estimate of drug-likeness (QED) is 0.533. The van der Waals surface area contributed by atoms with Gasteiger partial charge < -0.3 is 15.2 Å². The molecule has 7 heteroatoms. The molecule has 1 aromatic rings. The summed E-state index contributed by atoms with van der Waals surface area (Å²) in [6, 6.07) is 8.30. The highest BCUT2D eigenvalue weighted by molar-refractivity contribution is 5.92. The Labute approximate surface area is 178 Å². The van der Waals surface area contributed by atoms with Crippen molar-refractivity contribution in [2.45, 2.75) is 71.9 Å². The molecule has 0 spiro atoms. The van der Waals surface area contributed by atoms with Crippen LogP contribution in [0.3, 0.4) is 0 Å². The molecule has 1 aromatic carbocycles. The van der Waals surface area contributed by atoms with Gasteiger partial charge in [0.05, 0.1) is 18.4 Å². The summed E-state index contributed by atoms with van der Waals surface area (Å²) >= 11 is 0. The van der Waals surface area contributed by atoms with E-state index < -0.39 is 35.4 Å². The Balaban J connectivity index is 2.69. The number of carboxylic acids is 1. The fourth-order valence-corrected chi connectivity index (χ4v) is 2.99. The van der Waals surface area contributed by atoms with Gasteiger partial charge >= 0.3 is 11.9 Å². The van der Waals surface area contributed by atoms with Crippen LogP contribution in [0.2, 0.25) is 0 Å². The third-order valence-corrected chi connectivity index (χ3v) is 4.43. The van der Waals surface area contributed by atoms with Gasteiger partial charge in [-0.2, -0.15) is 0 Å². The average Bonchev–Trinajstić information content (AvgIpc) is 2.63. The predicted octanol–water partition coefficient (Wildman–Crippen LogP) is 3.15. The number of rotatable bonds is 11. The Kier molecular flexibility index (Phi) is 9.69. The molecular formula is C23H33NO6. The maximum absolute atomic E-state index is 12.8. The number of ketones is 1. The van der Waals surface area contributed by atoms with E-state index in [4.69, 9.17) is 4.74 Å². The maximum atomic E-state index is 12.8. The van der Waals surface area contributed by atoms with Crippen LogP contribution in [-0.4, -0.2) is 40.4 Å². The summed E-state index contributed by atoms with van der Waals surface area (Å²) in [5.74, 6) is -3.40. The zero-order valence-electron chi connectivity index (χ0n) is 18.4. The van der Waals surface area contributed by atoms with Gasteiger partial charge in [-0.25, -0.2) is 0 Å². The Morgan fingerprint density at radius 3 is 2.13 bits per heavy atom. The monoisotopic (exact) mass is 419 g/mol. The molecule has 0 aliphatic heterocycles. The topological polar surface area (TPSA) is 110 Å². The van der Waals surface area contributed by atoms with E-state index in [1.165, 1.54) is 0 Å². The Hall–Kier alpha value is -2.70. The first-order valence-electron chi connectivity index (χ1n) is 10.2. The second-order valence-corrected chi connectivity index (χ2v) is 8.77. The number of ether oxygens (including phenoxy) is 1. The molecule has 0 bridgehead atoms. The smallest absolute Gasteiger partial charge is 0.307 e. The minimum absolute atomic E-state index is 0.0894. The van der Waals surface area contributed by atoms with E-state index in [0.29, 0.717) is 0 Å². The van der Waals surface area contributed by atoms with Crippen molar-refractivity contribution >= 4 is 23.6 Å². The second-order valence-electron chi connectivity index (χ2n) is 8.77. The first-order valence-corrected chi connectivity index (χ1v) is 10.2. The molecule has 0 unspecified atom stereocenters. The summed E-state index contributed by atoms with van der Waals surface area (Å²) in [6.07, 6.45) is -0.135. The SMILES string of the molecule is CC(C)[C@@H](NC(=O)CCC(=O)OC(C)(C)C)C(=O)C[C@@H](Cc1ccccc1)C(=O)O. The van der Waals surface area contributed by atoms with Gasteiger partial charge in [-0.15, -0.1) is 0 Å². The van der Waals surface area contributed by atoms with Crippen molar-refractivity contribution in [1.29, 1.82) is 0 Å².